The van der Waals surface area contributed by atoms with E-state index < -0.39 is 5.82 Å². The summed E-state index contributed by atoms with van der Waals surface area (Å²) in [6.45, 7) is 3.66. The van der Waals surface area contributed by atoms with Gasteiger partial charge in [0.25, 0.3) is 5.56 Å². The van der Waals surface area contributed by atoms with E-state index in [4.69, 9.17) is 9.47 Å². The number of hydrogen-bond acceptors (Lipinski definition) is 7. The zero-order chi connectivity index (χ0) is 25.1. The lowest BCUT2D eigenvalue weighted by molar-refractivity contribution is 0.0390. The van der Waals surface area contributed by atoms with Gasteiger partial charge in [-0.3, -0.25) is 14.3 Å². The van der Waals surface area contributed by atoms with Crippen LogP contribution in [0, 0.1) is 5.82 Å². The molecule has 188 valence electrons. The molecule has 1 aromatic carbocycles. The van der Waals surface area contributed by atoms with Crippen LogP contribution in [0.1, 0.15) is 11.7 Å². The van der Waals surface area contributed by atoms with Gasteiger partial charge in [-0.2, -0.15) is 0 Å². The Balaban J connectivity index is 1.31. The van der Waals surface area contributed by atoms with Crippen molar-refractivity contribution in [3.63, 3.8) is 0 Å². The quantitative estimate of drug-likeness (QED) is 0.594. The third-order valence-corrected chi connectivity index (χ3v) is 6.34. The van der Waals surface area contributed by atoms with E-state index in [-0.39, 0.29) is 29.0 Å². The molecule has 1 atom stereocenters. The summed E-state index contributed by atoms with van der Waals surface area (Å²) in [5.74, 6) is -0.0961. The Hall–Kier alpha value is -3.83. The number of nitrogens with zero attached hydrogens (tertiary/aromatic N) is 5. The average Bonchev–Trinajstić information content (AvgIpc) is 2.91. The Morgan fingerprint density at radius 3 is 2.64 bits per heavy atom. The summed E-state index contributed by atoms with van der Waals surface area (Å²) in [5, 5.41) is 2.91. The molecule has 2 saturated heterocycles. The lowest BCUT2D eigenvalue weighted by atomic mass is 10.1. The first-order valence-corrected chi connectivity index (χ1v) is 11.8. The highest BCUT2D eigenvalue weighted by Gasteiger charge is 2.26. The van der Waals surface area contributed by atoms with Crippen LogP contribution in [0.3, 0.4) is 0 Å². The summed E-state index contributed by atoms with van der Waals surface area (Å²) in [7, 11) is 1.65. The van der Waals surface area contributed by atoms with E-state index in [9.17, 15) is 14.0 Å². The van der Waals surface area contributed by atoms with Gasteiger partial charge in [-0.05, 0) is 23.8 Å². The Kier molecular flexibility index (Phi) is 6.92. The molecule has 0 bridgehead atoms. The lowest BCUT2D eigenvalue weighted by Gasteiger charge is -2.34. The summed E-state index contributed by atoms with van der Waals surface area (Å²) in [6, 6.07) is 10.2. The largest absolute Gasteiger partial charge is 0.378 e. The smallest absolute Gasteiger partial charge is 0.321 e. The lowest BCUT2D eigenvalue weighted by Crippen LogP contribution is -2.43. The Labute approximate surface area is 207 Å². The second-order valence-electron chi connectivity index (χ2n) is 8.65. The maximum Gasteiger partial charge on any atom is 0.321 e. The van der Waals surface area contributed by atoms with Crippen LogP contribution in [0.4, 0.5) is 20.8 Å². The minimum Gasteiger partial charge on any atom is -0.378 e. The van der Waals surface area contributed by atoms with E-state index >= 15 is 0 Å². The molecule has 4 heterocycles. The van der Waals surface area contributed by atoms with Gasteiger partial charge in [0.15, 0.2) is 5.82 Å². The number of ether oxygens (including phenoxy) is 2. The van der Waals surface area contributed by atoms with Crippen molar-refractivity contribution in [1.29, 1.82) is 0 Å². The van der Waals surface area contributed by atoms with Crippen LogP contribution in [0.15, 0.2) is 53.6 Å². The van der Waals surface area contributed by atoms with E-state index in [0.717, 1.165) is 11.8 Å². The molecule has 2 amide bonds. The highest BCUT2D eigenvalue weighted by atomic mass is 19.1. The third-order valence-electron chi connectivity index (χ3n) is 6.34. The summed E-state index contributed by atoms with van der Waals surface area (Å²) in [6.07, 6.45) is 2.31. The predicted molar refractivity (Wildman–Crippen MR) is 131 cm³/mol. The van der Waals surface area contributed by atoms with Gasteiger partial charge in [-0.15, -0.1) is 0 Å². The van der Waals surface area contributed by atoms with Crippen LogP contribution in [-0.4, -0.2) is 71.5 Å². The number of hydrogen-bond donors (Lipinski definition) is 1. The van der Waals surface area contributed by atoms with Gasteiger partial charge in [-0.1, -0.05) is 12.1 Å². The third kappa shape index (κ3) is 5.07. The molecule has 0 aliphatic carbocycles. The van der Waals surface area contributed by atoms with E-state index in [1.165, 1.54) is 22.9 Å². The second kappa shape index (κ2) is 10.4. The van der Waals surface area contributed by atoms with E-state index in [1.54, 1.807) is 11.9 Å². The highest BCUT2D eigenvalue weighted by molar-refractivity contribution is 5.89. The number of carbonyl (C=O) groups is 1. The number of rotatable bonds is 4. The summed E-state index contributed by atoms with van der Waals surface area (Å²) < 4.78 is 27.0. The number of morpholine rings is 2. The summed E-state index contributed by atoms with van der Waals surface area (Å²) in [5.41, 5.74) is 1.83. The van der Waals surface area contributed by atoms with Crippen molar-refractivity contribution in [2.75, 3.05) is 56.2 Å². The number of nitrogens with one attached hydrogen (secondary N) is 1. The van der Waals surface area contributed by atoms with Crippen molar-refractivity contribution in [3.8, 4) is 11.3 Å². The molecule has 2 aliphatic heterocycles. The summed E-state index contributed by atoms with van der Waals surface area (Å²) in [4.78, 5) is 37.2. The highest BCUT2D eigenvalue weighted by Crippen LogP contribution is 2.27. The molecule has 0 radical (unpaired) electrons. The first-order chi connectivity index (χ1) is 17.5. The van der Waals surface area contributed by atoms with Crippen molar-refractivity contribution >= 4 is 17.7 Å². The first kappa shape index (κ1) is 23.9. The molecule has 2 aliphatic rings. The predicted octanol–water partition coefficient (Wildman–Crippen LogP) is 2.42. The topological polar surface area (TPSA) is 102 Å². The number of urea groups is 1. The number of pyridine rings is 1. The zero-order valence-corrected chi connectivity index (χ0v) is 19.9. The molecule has 0 saturated carbocycles. The SMILES string of the molecule is Cn1c(N2CCO[C@@H](c3ccc(NC(=O)N4CCOCC4)cc3)C2)nc(-c2ccncc2F)cc1=O. The molecular weight excluding hydrogens is 467 g/mol. The van der Waals surface area contributed by atoms with Gasteiger partial charge in [0.1, 0.15) is 6.10 Å². The monoisotopic (exact) mass is 494 g/mol. The van der Waals surface area contributed by atoms with E-state index in [2.05, 4.69) is 15.3 Å². The van der Waals surface area contributed by atoms with Gasteiger partial charge in [-0.25, -0.2) is 14.2 Å². The van der Waals surface area contributed by atoms with Gasteiger partial charge in [0, 0.05) is 50.2 Å². The fraction of sp³-hybridized carbons (Fsp3) is 0.360. The Morgan fingerprint density at radius 1 is 1.11 bits per heavy atom. The van der Waals surface area contributed by atoms with Crippen molar-refractivity contribution < 1.29 is 18.7 Å². The molecule has 3 aromatic rings. The average molecular weight is 495 g/mol. The standard InChI is InChI=1S/C25H27FN6O4/c1-30-23(33)14-21(19-6-7-27-15-20(19)26)29-24(30)32-10-13-36-22(16-32)17-2-4-18(5-3-17)28-25(34)31-8-11-35-12-9-31/h2-7,14-15,22H,8-13,16H2,1H3,(H,28,34)/t22-/m1/s1. The molecular formula is C25H27FN6O4. The van der Waals surface area contributed by atoms with Gasteiger partial charge in [0.05, 0.1) is 38.3 Å². The normalized spacial score (nSPS) is 18.2. The molecule has 10 nitrogen and oxygen atoms in total. The molecule has 0 spiro atoms. The van der Waals surface area contributed by atoms with Crippen LogP contribution >= 0.6 is 0 Å². The van der Waals surface area contributed by atoms with Crippen LogP contribution in [0.5, 0.6) is 0 Å². The fourth-order valence-electron chi connectivity index (χ4n) is 4.31. The Bertz CT molecular complexity index is 1290. The number of halogens is 1. The molecule has 1 N–H and O–H groups in total. The maximum absolute atomic E-state index is 14.3. The van der Waals surface area contributed by atoms with Crippen LogP contribution in [0.25, 0.3) is 11.3 Å². The number of benzene rings is 1. The molecule has 0 unspecified atom stereocenters. The molecule has 2 aromatic heterocycles. The first-order valence-electron chi connectivity index (χ1n) is 11.8. The van der Waals surface area contributed by atoms with Crippen LogP contribution in [-0.2, 0) is 16.5 Å². The van der Waals surface area contributed by atoms with E-state index in [1.807, 2.05) is 29.2 Å². The molecule has 2 fully saturated rings. The van der Waals surface area contributed by atoms with Gasteiger partial charge < -0.3 is 24.6 Å². The van der Waals surface area contributed by atoms with Crippen molar-refractivity contribution in [2.24, 2.45) is 7.05 Å². The minimum absolute atomic E-state index is 0.149. The fourth-order valence-corrected chi connectivity index (χ4v) is 4.31. The Morgan fingerprint density at radius 2 is 1.89 bits per heavy atom. The van der Waals surface area contributed by atoms with Gasteiger partial charge >= 0.3 is 6.03 Å². The molecule has 36 heavy (non-hydrogen) atoms. The second-order valence-corrected chi connectivity index (χ2v) is 8.65. The van der Waals surface area contributed by atoms with Gasteiger partial charge in [0.2, 0.25) is 5.95 Å². The number of amides is 2. The number of aromatic nitrogens is 3. The summed E-state index contributed by atoms with van der Waals surface area (Å²) >= 11 is 0. The minimum atomic E-state index is -0.537. The number of carbonyl (C=O) groups excluding carboxylic acids is 1. The zero-order valence-electron chi connectivity index (χ0n) is 19.9. The maximum atomic E-state index is 14.3. The van der Waals surface area contributed by atoms with Crippen LogP contribution < -0.4 is 15.8 Å². The molecule has 5 rings (SSSR count). The van der Waals surface area contributed by atoms with Crippen molar-refractivity contribution in [3.05, 3.63) is 70.5 Å². The van der Waals surface area contributed by atoms with Crippen LogP contribution in [0.2, 0.25) is 0 Å². The van der Waals surface area contributed by atoms with Crippen molar-refractivity contribution in [1.82, 2.24) is 19.4 Å². The van der Waals surface area contributed by atoms with E-state index in [0.29, 0.717) is 57.6 Å². The molecule has 11 heteroatoms. The number of anilines is 2. The van der Waals surface area contributed by atoms with Crippen molar-refractivity contribution in [2.45, 2.75) is 6.10 Å².